The molecule has 0 spiro atoms. The van der Waals surface area contributed by atoms with Gasteiger partial charge in [0, 0.05) is 12.3 Å². The van der Waals surface area contributed by atoms with Crippen molar-refractivity contribution in [3.8, 4) is 0 Å². The van der Waals surface area contributed by atoms with Gasteiger partial charge in [0.25, 0.3) is 0 Å². The van der Waals surface area contributed by atoms with Gasteiger partial charge in [0.15, 0.2) is 0 Å². The van der Waals surface area contributed by atoms with Gasteiger partial charge in [-0.15, -0.1) is 0 Å². The molecule has 0 aliphatic heterocycles. The number of hydrogen-bond acceptors (Lipinski definition) is 2. The van der Waals surface area contributed by atoms with E-state index in [1.54, 1.807) is 0 Å². The Kier molecular flexibility index (Phi) is 3.65. The number of rotatable bonds is 5. The Bertz CT molecular complexity index is 444. The minimum Gasteiger partial charge on any atom is -0.480 e. The van der Waals surface area contributed by atoms with E-state index in [0.29, 0.717) is 12.3 Å². The van der Waals surface area contributed by atoms with Crippen molar-refractivity contribution < 1.29 is 14.7 Å². The second-order valence-corrected chi connectivity index (χ2v) is 4.91. The van der Waals surface area contributed by atoms with Crippen LogP contribution >= 0.6 is 0 Å². The van der Waals surface area contributed by atoms with E-state index in [1.165, 1.54) is 0 Å². The van der Waals surface area contributed by atoms with Crippen molar-refractivity contribution in [1.82, 2.24) is 5.32 Å². The third kappa shape index (κ3) is 3.09. The third-order valence-corrected chi connectivity index (χ3v) is 3.34. The average Bonchev–Trinajstić information content (AvgIpc) is 3.07. The molecule has 0 heterocycles. The van der Waals surface area contributed by atoms with E-state index in [2.05, 4.69) is 5.32 Å². The maximum absolute atomic E-state index is 11.7. The molecule has 1 aliphatic carbocycles. The van der Waals surface area contributed by atoms with E-state index in [1.807, 2.05) is 37.3 Å². The molecule has 0 radical (unpaired) electrons. The molecular formula is C14H17NO3. The van der Waals surface area contributed by atoms with Crippen LogP contribution in [0.3, 0.4) is 0 Å². The lowest BCUT2D eigenvalue weighted by molar-refractivity contribution is -0.142. The molecule has 0 unspecified atom stereocenters. The summed E-state index contributed by atoms with van der Waals surface area (Å²) in [4.78, 5) is 22.9. The van der Waals surface area contributed by atoms with E-state index in [-0.39, 0.29) is 11.8 Å². The molecule has 4 nitrogen and oxygen atoms in total. The third-order valence-electron chi connectivity index (χ3n) is 3.34. The number of carboxylic acids is 1. The topological polar surface area (TPSA) is 66.4 Å². The van der Waals surface area contributed by atoms with Crippen molar-refractivity contribution in [3.63, 3.8) is 0 Å². The highest BCUT2D eigenvalue weighted by molar-refractivity contribution is 5.86. The molecule has 1 saturated carbocycles. The Labute approximate surface area is 106 Å². The van der Waals surface area contributed by atoms with Crippen LogP contribution < -0.4 is 5.32 Å². The summed E-state index contributed by atoms with van der Waals surface area (Å²) >= 11 is 0. The van der Waals surface area contributed by atoms with Crippen molar-refractivity contribution in [1.29, 1.82) is 0 Å². The monoisotopic (exact) mass is 247 g/mol. The summed E-state index contributed by atoms with van der Waals surface area (Å²) in [7, 11) is 0. The SMILES string of the molecule is C[C@H]1C[C@@H]1C(=O)N[C@H](Cc1ccccc1)C(=O)O. The molecule has 0 aromatic heterocycles. The standard InChI is InChI=1S/C14H17NO3/c1-9-7-11(9)13(16)15-12(14(17)18)8-10-5-3-2-4-6-10/h2-6,9,11-12H,7-8H2,1H3,(H,15,16)(H,17,18)/t9-,11-,12+/m0/s1. The van der Waals surface area contributed by atoms with Crippen LogP contribution in [0.15, 0.2) is 30.3 Å². The highest BCUT2D eigenvalue weighted by Gasteiger charge is 2.40. The minimum absolute atomic E-state index is 0.00243. The van der Waals surface area contributed by atoms with Crippen LogP contribution in [0.4, 0.5) is 0 Å². The van der Waals surface area contributed by atoms with Gasteiger partial charge in [-0.1, -0.05) is 37.3 Å². The molecule has 1 aromatic rings. The number of carbonyl (C=O) groups excluding carboxylic acids is 1. The fraction of sp³-hybridized carbons (Fsp3) is 0.429. The Balaban J connectivity index is 1.96. The van der Waals surface area contributed by atoms with Crippen LogP contribution in [-0.4, -0.2) is 23.0 Å². The first kappa shape index (κ1) is 12.6. The van der Waals surface area contributed by atoms with Gasteiger partial charge in [-0.3, -0.25) is 4.79 Å². The van der Waals surface area contributed by atoms with Crippen LogP contribution in [0.25, 0.3) is 0 Å². The summed E-state index contributed by atoms with van der Waals surface area (Å²) in [5.41, 5.74) is 0.911. The lowest BCUT2D eigenvalue weighted by Crippen LogP contribution is -2.43. The molecule has 0 bridgehead atoms. The average molecular weight is 247 g/mol. The first-order valence-electron chi connectivity index (χ1n) is 6.15. The lowest BCUT2D eigenvalue weighted by atomic mass is 10.1. The van der Waals surface area contributed by atoms with Crippen LogP contribution in [-0.2, 0) is 16.0 Å². The number of aliphatic carboxylic acids is 1. The summed E-state index contributed by atoms with van der Waals surface area (Å²) in [6, 6.07) is 8.48. The fourth-order valence-electron chi connectivity index (χ4n) is 2.02. The van der Waals surface area contributed by atoms with E-state index in [4.69, 9.17) is 5.11 Å². The molecule has 18 heavy (non-hydrogen) atoms. The fourth-order valence-corrected chi connectivity index (χ4v) is 2.02. The Morgan fingerprint density at radius 2 is 2.00 bits per heavy atom. The quantitative estimate of drug-likeness (QED) is 0.827. The van der Waals surface area contributed by atoms with Crippen molar-refractivity contribution in [3.05, 3.63) is 35.9 Å². The summed E-state index contributed by atoms with van der Waals surface area (Å²) in [5, 5.41) is 11.8. The number of amides is 1. The summed E-state index contributed by atoms with van der Waals surface area (Å²) in [5.74, 6) is -0.731. The van der Waals surface area contributed by atoms with Gasteiger partial charge in [-0.05, 0) is 17.9 Å². The minimum atomic E-state index is -0.986. The predicted molar refractivity (Wildman–Crippen MR) is 67.0 cm³/mol. The molecule has 3 atom stereocenters. The second kappa shape index (κ2) is 5.21. The molecule has 1 amide bonds. The molecule has 1 fully saturated rings. The van der Waals surface area contributed by atoms with Crippen LogP contribution in [0, 0.1) is 11.8 Å². The Morgan fingerprint density at radius 1 is 1.39 bits per heavy atom. The van der Waals surface area contributed by atoms with Crippen molar-refractivity contribution in [2.24, 2.45) is 11.8 Å². The largest absolute Gasteiger partial charge is 0.480 e. The van der Waals surface area contributed by atoms with Crippen LogP contribution in [0.5, 0.6) is 0 Å². The number of nitrogens with one attached hydrogen (secondary N) is 1. The Morgan fingerprint density at radius 3 is 2.50 bits per heavy atom. The molecule has 96 valence electrons. The van der Waals surface area contributed by atoms with Gasteiger partial charge in [0.05, 0.1) is 0 Å². The zero-order valence-corrected chi connectivity index (χ0v) is 10.3. The lowest BCUT2D eigenvalue weighted by Gasteiger charge is -2.14. The van der Waals surface area contributed by atoms with E-state index >= 15 is 0 Å². The molecular weight excluding hydrogens is 230 g/mol. The van der Waals surface area contributed by atoms with Gasteiger partial charge < -0.3 is 10.4 Å². The van der Waals surface area contributed by atoms with E-state index in [9.17, 15) is 9.59 Å². The van der Waals surface area contributed by atoms with Crippen molar-refractivity contribution in [2.75, 3.05) is 0 Å². The number of hydrogen-bond donors (Lipinski definition) is 2. The first-order chi connectivity index (χ1) is 8.58. The van der Waals surface area contributed by atoms with Gasteiger partial charge in [-0.2, -0.15) is 0 Å². The van der Waals surface area contributed by atoms with Crippen molar-refractivity contribution in [2.45, 2.75) is 25.8 Å². The van der Waals surface area contributed by atoms with Crippen LogP contribution in [0.1, 0.15) is 18.9 Å². The molecule has 2 N–H and O–H groups in total. The Hall–Kier alpha value is -1.84. The molecule has 1 aromatic carbocycles. The van der Waals surface area contributed by atoms with Gasteiger partial charge >= 0.3 is 5.97 Å². The summed E-state index contributed by atoms with van der Waals surface area (Å²) in [6.45, 7) is 2.00. The smallest absolute Gasteiger partial charge is 0.326 e. The van der Waals surface area contributed by atoms with E-state index in [0.717, 1.165) is 12.0 Å². The summed E-state index contributed by atoms with van der Waals surface area (Å²) < 4.78 is 0. The highest BCUT2D eigenvalue weighted by atomic mass is 16.4. The van der Waals surface area contributed by atoms with Crippen molar-refractivity contribution >= 4 is 11.9 Å². The zero-order valence-electron chi connectivity index (χ0n) is 10.3. The normalized spacial score (nSPS) is 23.2. The second-order valence-electron chi connectivity index (χ2n) is 4.91. The van der Waals surface area contributed by atoms with Crippen LogP contribution in [0.2, 0.25) is 0 Å². The number of carboxylic acid groups (broad SMARTS) is 1. The zero-order chi connectivity index (χ0) is 13.1. The molecule has 1 aliphatic rings. The first-order valence-corrected chi connectivity index (χ1v) is 6.15. The number of carbonyl (C=O) groups is 2. The summed E-state index contributed by atoms with van der Waals surface area (Å²) in [6.07, 6.45) is 1.19. The van der Waals surface area contributed by atoms with Gasteiger partial charge in [0.1, 0.15) is 6.04 Å². The van der Waals surface area contributed by atoms with Gasteiger partial charge in [-0.25, -0.2) is 4.79 Å². The maximum atomic E-state index is 11.7. The van der Waals surface area contributed by atoms with Gasteiger partial charge in [0.2, 0.25) is 5.91 Å². The molecule has 4 heteroatoms. The number of benzene rings is 1. The highest BCUT2D eigenvalue weighted by Crippen LogP contribution is 2.37. The molecule has 2 rings (SSSR count). The maximum Gasteiger partial charge on any atom is 0.326 e. The predicted octanol–water partition coefficient (Wildman–Crippen LogP) is 1.45. The van der Waals surface area contributed by atoms with E-state index < -0.39 is 12.0 Å². The molecule has 0 saturated heterocycles.